The molecule has 5 rings (SSSR count). The third-order valence-electron chi connectivity index (χ3n) is 6.34. The quantitative estimate of drug-likeness (QED) is 0.513. The predicted molar refractivity (Wildman–Crippen MR) is 125 cm³/mol. The Kier molecular flexibility index (Phi) is 5.24. The van der Waals surface area contributed by atoms with E-state index in [4.69, 9.17) is 16.4 Å². The van der Waals surface area contributed by atoms with Crippen molar-refractivity contribution in [1.29, 1.82) is 0 Å². The number of hydrogen-bond acceptors (Lipinski definition) is 4. The van der Waals surface area contributed by atoms with E-state index in [9.17, 15) is 9.59 Å². The Labute approximate surface area is 192 Å². The first-order chi connectivity index (χ1) is 15.5. The van der Waals surface area contributed by atoms with Crippen LogP contribution in [0, 0.1) is 12.8 Å². The smallest absolute Gasteiger partial charge is 0.266 e. The number of fused-ring (bicyclic) bond motifs is 1. The summed E-state index contributed by atoms with van der Waals surface area (Å²) in [6, 6.07) is 22.6. The van der Waals surface area contributed by atoms with E-state index in [1.807, 2.05) is 49.4 Å². The predicted octanol–water partition coefficient (Wildman–Crippen LogP) is 5.26. The Balaban J connectivity index is 1.59. The summed E-state index contributed by atoms with van der Waals surface area (Å²) in [5.74, 6) is -1.29. The fourth-order valence-corrected chi connectivity index (χ4v) is 4.75. The topological polar surface area (TPSA) is 49.9 Å². The molecule has 0 bridgehead atoms. The molecule has 2 aliphatic rings. The Morgan fingerprint density at radius 1 is 0.906 bits per heavy atom. The van der Waals surface area contributed by atoms with Crippen molar-refractivity contribution in [2.45, 2.75) is 32.4 Å². The normalized spacial score (nSPS) is 22.5. The number of aryl methyl sites for hydroxylation is 1. The molecule has 2 fully saturated rings. The third-order valence-corrected chi connectivity index (χ3v) is 6.75. The van der Waals surface area contributed by atoms with Gasteiger partial charge in [-0.2, -0.15) is 0 Å². The second-order valence-electron chi connectivity index (χ2n) is 8.15. The number of benzene rings is 3. The molecule has 162 valence electrons. The fourth-order valence-electron chi connectivity index (χ4n) is 4.58. The van der Waals surface area contributed by atoms with Crippen LogP contribution in [-0.4, -0.2) is 17.9 Å². The van der Waals surface area contributed by atoms with Gasteiger partial charge in [-0.25, -0.2) is 9.96 Å². The summed E-state index contributed by atoms with van der Waals surface area (Å²) in [4.78, 5) is 34.6. The first kappa shape index (κ1) is 20.7. The Hall–Kier alpha value is -3.15. The maximum absolute atomic E-state index is 13.7. The van der Waals surface area contributed by atoms with Crippen molar-refractivity contribution in [2.24, 2.45) is 5.92 Å². The zero-order chi connectivity index (χ0) is 22.4. The summed E-state index contributed by atoms with van der Waals surface area (Å²) in [5, 5.41) is 2.23. The average molecular weight is 447 g/mol. The van der Waals surface area contributed by atoms with Gasteiger partial charge in [0.25, 0.3) is 5.91 Å². The molecule has 2 saturated heterocycles. The molecule has 2 aliphatic heterocycles. The van der Waals surface area contributed by atoms with Gasteiger partial charge in [-0.3, -0.25) is 14.4 Å². The van der Waals surface area contributed by atoms with Gasteiger partial charge in [-0.1, -0.05) is 67.1 Å². The lowest BCUT2D eigenvalue weighted by molar-refractivity contribution is -0.126. The minimum atomic E-state index is -0.892. The first-order valence-electron chi connectivity index (χ1n) is 10.7. The summed E-state index contributed by atoms with van der Waals surface area (Å²) in [6.45, 7) is 3.91. The van der Waals surface area contributed by atoms with Crippen LogP contribution >= 0.6 is 11.6 Å². The van der Waals surface area contributed by atoms with Gasteiger partial charge in [0.05, 0.1) is 17.4 Å². The summed E-state index contributed by atoms with van der Waals surface area (Å²) in [5.41, 5.74) is 4.15. The number of rotatable bonds is 4. The standard InChI is InChI=1S/C26H23ClN2O3/c1-3-17-12-14-18(15-13-17)23-22-24(32-29(23)19-8-5-4-6-9-19)26(31)28(25(22)30)21-11-7-10-20(27)16(21)2/h4-15,22-24H,3H2,1-2H3/t22-,23-,24-/m0/s1. The lowest BCUT2D eigenvalue weighted by atomic mass is 9.90. The van der Waals surface area contributed by atoms with Crippen molar-refractivity contribution in [3.63, 3.8) is 0 Å². The highest BCUT2D eigenvalue weighted by atomic mass is 35.5. The second kappa shape index (κ2) is 8.08. The van der Waals surface area contributed by atoms with E-state index in [1.54, 1.807) is 23.3 Å². The van der Waals surface area contributed by atoms with Gasteiger partial charge < -0.3 is 0 Å². The van der Waals surface area contributed by atoms with E-state index in [0.29, 0.717) is 16.3 Å². The summed E-state index contributed by atoms with van der Waals surface area (Å²) >= 11 is 6.28. The van der Waals surface area contributed by atoms with Crippen LogP contribution < -0.4 is 9.96 Å². The van der Waals surface area contributed by atoms with Crippen LogP contribution in [0.1, 0.15) is 29.7 Å². The minimum absolute atomic E-state index is 0.270. The lowest BCUT2D eigenvalue weighted by Gasteiger charge is -2.29. The number of amides is 2. The third kappa shape index (κ3) is 3.20. The maximum Gasteiger partial charge on any atom is 0.266 e. The zero-order valence-corrected chi connectivity index (χ0v) is 18.6. The van der Waals surface area contributed by atoms with Crippen LogP contribution in [0.5, 0.6) is 0 Å². The molecule has 0 spiro atoms. The van der Waals surface area contributed by atoms with Gasteiger partial charge >= 0.3 is 0 Å². The number of nitrogens with zero attached hydrogens (tertiary/aromatic N) is 2. The highest BCUT2D eigenvalue weighted by Gasteiger charge is 2.60. The fraction of sp³-hybridized carbons (Fsp3) is 0.231. The highest BCUT2D eigenvalue weighted by Crippen LogP contribution is 2.48. The van der Waals surface area contributed by atoms with E-state index in [0.717, 1.165) is 17.7 Å². The molecule has 0 aromatic heterocycles. The SMILES string of the molecule is CCc1ccc([C@H]2[C@@H]3C(=O)N(c4cccc(Cl)c4C)C(=O)[C@H]3ON2c2ccccc2)cc1. The van der Waals surface area contributed by atoms with E-state index in [2.05, 4.69) is 19.1 Å². The second-order valence-corrected chi connectivity index (χ2v) is 8.56. The molecule has 3 aromatic rings. The van der Waals surface area contributed by atoms with Gasteiger partial charge in [-0.15, -0.1) is 0 Å². The lowest BCUT2D eigenvalue weighted by Crippen LogP contribution is -2.37. The van der Waals surface area contributed by atoms with Gasteiger partial charge in [0, 0.05) is 5.02 Å². The van der Waals surface area contributed by atoms with Crippen molar-refractivity contribution in [2.75, 3.05) is 9.96 Å². The number of carbonyl (C=O) groups excluding carboxylic acids is 2. The number of halogens is 1. The van der Waals surface area contributed by atoms with Crippen molar-refractivity contribution >= 4 is 34.8 Å². The monoisotopic (exact) mass is 446 g/mol. The molecule has 5 nitrogen and oxygen atoms in total. The number of hydrogen-bond donors (Lipinski definition) is 0. The van der Waals surface area contributed by atoms with Crippen molar-refractivity contribution in [3.8, 4) is 0 Å². The molecular formula is C26H23ClN2O3. The average Bonchev–Trinajstić information content (AvgIpc) is 3.33. The van der Waals surface area contributed by atoms with Crippen LogP contribution in [0.15, 0.2) is 72.8 Å². The number of imide groups is 1. The summed E-state index contributed by atoms with van der Waals surface area (Å²) < 4.78 is 0. The Bertz CT molecular complexity index is 1180. The summed E-state index contributed by atoms with van der Waals surface area (Å²) in [7, 11) is 0. The Morgan fingerprint density at radius 3 is 2.31 bits per heavy atom. The number of para-hydroxylation sites is 1. The number of carbonyl (C=O) groups is 2. The molecule has 0 aliphatic carbocycles. The maximum atomic E-state index is 13.7. The highest BCUT2D eigenvalue weighted by molar-refractivity contribution is 6.32. The van der Waals surface area contributed by atoms with E-state index in [1.165, 1.54) is 10.5 Å². The molecule has 2 heterocycles. The molecular weight excluding hydrogens is 424 g/mol. The molecule has 6 heteroatoms. The first-order valence-corrected chi connectivity index (χ1v) is 11.1. The molecule has 0 saturated carbocycles. The minimum Gasteiger partial charge on any atom is -0.273 e. The number of anilines is 2. The van der Waals surface area contributed by atoms with Crippen LogP contribution in [-0.2, 0) is 20.8 Å². The van der Waals surface area contributed by atoms with Crippen molar-refractivity contribution in [1.82, 2.24) is 0 Å². The molecule has 0 unspecified atom stereocenters. The largest absolute Gasteiger partial charge is 0.273 e. The molecule has 0 radical (unpaired) electrons. The van der Waals surface area contributed by atoms with Gasteiger partial charge in [0.2, 0.25) is 5.91 Å². The van der Waals surface area contributed by atoms with Gasteiger partial charge in [-0.05, 0) is 54.3 Å². The van der Waals surface area contributed by atoms with Crippen molar-refractivity contribution in [3.05, 3.63) is 94.5 Å². The molecule has 2 amide bonds. The van der Waals surface area contributed by atoms with Gasteiger partial charge in [0.1, 0.15) is 5.92 Å². The Morgan fingerprint density at radius 2 is 1.62 bits per heavy atom. The van der Waals surface area contributed by atoms with Crippen molar-refractivity contribution < 1.29 is 14.4 Å². The molecule has 32 heavy (non-hydrogen) atoms. The van der Waals surface area contributed by atoms with E-state index >= 15 is 0 Å². The van der Waals surface area contributed by atoms with Gasteiger partial charge in [0.15, 0.2) is 6.10 Å². The molecule has 3 aromatic carbocycles. The zero-order valence-electron chi connectivity index (χ0n) is 17.9. The molecule has 3 atom stereocenters. The summed E-state index contributed by atoms with van der Waals surface area (Å²) in [6.07, 6.45) is 0.0340. The van der Waals surface area contributed by atoms with Crippen LogP contribution in [0.2, 0.25) is 5.02 Å². The van der Waals surface area contributed by atoms with E-state index < -0.39 is 18.1 Å². The van der Waals surface area contributed by atoms with Crippen LogP contribution in [0.4, 0.5) is 11.4 Å². The van der Waals surface area contributed by atoms with Crippen LogP contribution in [0.3, 0.4) is 0 Å². The van der Waals surface area contributed by atoms with Crippen LogP contribution in [0.25, 0.3) is 0 Å². The molecule has 0 N–H and O–H groups in total. The van der Waals surface area contributed by atoms with E-state index in [-0.39, 0.29) is 11.8 Å². The number of hydroxylamine groups is 1.